The fourth-order valence-electron chi connectivity index (χ4n) is 1.37. The van der Waals surface area contributed by atoms with Gasteiger partial charge in [0.1, 0.15) is 0 Å². The van der Waals surface area contributed by atoms with E-state index in [1.807, 2.05) is 6.92 Å². The predicted molar refractivity (Wildman–Crippen MR) is 67.0 cm³/mol. The maximum Gasteiger partial charge on any atom is 0.251 e. The van der Waals surface area contributed by atoms with Gasteiger partial charge >= 0.3 is 0 Å². The first-order chi connectivity index (χ1) is 8.00. The van der Waals surface area contributed by atoms with Crippen molar-refractivity contribution < 1.29 is 9.59 Å². The Hall–Kier alpha value is -1.68. The van der Waals surface area contributed by atoms with Crippen molar-refractivity contribution in [3.05, 3.63) is 35.4 Å². The molecule has 1 aromatic carbocycles. The number of amides is 1. The van der Waals surface area contributed by atoms with E-state index in [1.54, 1.807) is 24.3 Å². The fraction of sp³-hybridized carbons (Fsp3) is 0.385. The Balaban J connectivity index is 2.55. The molecule has 0 aromatic heterocycles. The van der Waals surface area contributed by atoms with E-state index in [4.69, 9.17) is 5.73 Å². The third kappa shape index (κ3) is 4.36. The smallest absolute Gasteiger partial charge is 0.251 e. The highest BCUT2D eigenvalue weighted by atomic mass is 16.1. The van der Waals surface area contributed by atoms with Crippen molar-refractivity contribution in [1.29, 1.82) is 0 Å². The summed E-state index contributed by atoms with van der Waals surface area (Å²) in [5.41, 5.74) is 6.75. The highest BCUT2D eigenvalue weighted by Gasteiger charge is 2.06. The maximum absolute atomic E-state index is 11.7. The molecule has 0 aliphatic rings. The number of carbonyl (C=O) groups is 2. The Morgan fingerprint density at radius 1 is 1.24 bits per heavy atom. The van der Waals surface area contributed by atoms with Gasteiger partial charge in [0.05, 0.1) is 0 Å². The quantitative estimate of drug-likeness (QED) is 0.755. The minimum Gasteiger partial charge on any atom is -0.352 e. The average molecular weight is 234 g/mol. The van der Waals surface area contributed by atoms with E-state index >= 15 is 0 Å². The zero-order valence-corrected chi connectivity index (χ0v) is 10.2. The molecule has 4 nitrogen and oxygen atoms in total. The third-order valence-corrected chi connectivity index (χ3v) is 2.44. The lowest BCUT2D eigenvalue weighted by molar-refractivity contribution is 0.0950. The second kappa shape index (κ2) is 6.15. The summed E-state index contributed by atoms with van der Waals surface area (Å²) in [6, 6.07) is 6.69. The van der Waals surface area contributed by atoms with Crippen LogP contribution in [0, 0.1) is 0 Å². The van der Waals surface area contributed by atoms with Crippen LogP contribution in [0.1, 0.15) is 41.0 Å². The summed E-state index contributed by atoms with van der Waals surface area (Å²) in [6.07, 6.45) is 0.747. The van der Waals surface area contributed by atoms with Gasteiger partial charge in [-0.25, -0.2) is 0 Å². The van der Waals surface area contributed by atoms with Crippen LogP contribution in [-0.4, -0.2) is 24.3 Å². The van der Waals surface area contributed by atoms with Gasteiger partial charge in [-0.1, -0.05) is 12.1 Å². The van der Waals surface area contributed by atoms with Crippen molar-refractivity contribution in [3.63, 3.8) is 0 Å². The Labute approximate surface area is 101 Å². The third-order valence-electron chi connectivity index (χ3n) is 2.44. The molecule has 0 saturated carbocycles. The van der Waals surface area contributed by atoms with Crippen molar-refractivity contribution in [2.24, 2.45) is 5.73 Å². The zero-order valence-electron chi connectivity index (χ0n) is 10.2. The van der Waals surface area contributed by atoms with E-state index in [-0.39, 0.29) is 17.7 Å². The molecule has 0 saturated heterocycles. The van der Waals surface area contributed by atoms with Gasteiger partial charge in [-0.15, -0.1) is 0 Å². The summed E-state index contributed by atoms with van der Waals surface area (Å²) in [4.78, 5) is 22.7. The van der Waals surface area contributed by atoms with Crippen molar-refractivity contribution in [3.8, 4) is 0 Å². The van der Waals surface area contributed by atoms with Crippen LogP contribution in [0.4, 0.5) is 0 Å². The number of hydrogen-bond acceptors (Lipinski definition) is 3. The van der Waals surface area contributed by atoms with E-state index < -0.39 is 0 Å². The summed E-state index contributed by atoms with van der Waals surface area (Å²) in [5.74, 6) is -0.144. The first-order valence-electron chi connectivity index (χ1n) is 5.65. The minimum absolute atomic E-state index is 0.00563. The summed E-state index contributed by atoms with van der Waals surface area (Å²) in [6.45, 7) is 3.95. The Morgan fingerprint density at radius 3 is 2.24 bits per heavy atom. The molecule has 0 heterocycles. The molecule has 0 spiro atoms. The molecular formula is C13H18N2O2. The minimum atomic E-state index is -0.138. The second-order valence-electron chi connectivity index (χ2n) is 4.16. The number of rotatable bonds is 5. The zero-order chi connectivity index (χ0) is 12.8. The normalized spacial score (nSPS) is 11.9. The van der Waals surface area contributed by atoms with Crippen LogP contribution in [0.2, 0.25) is 0 Å². The van der Waals surface area contributed by atoms with Crippen molar-refractivity contribution in [1.82, 2.24) is 5.32 Å². The first-order valence-corrected chi connectivity index (χ1v) is 5.65. The molecule has 1 atom stereocenters. The predicted octanol–water partition coefficient (Wildman–Crippen LogP) is 1.36. The number of carbonyl (C=O) groups excluding carboxylic acids is 2. The van der Waals surface area contributed by atoms with E-state index in [1.165, 1.54) is 6.92 Å². The van der Waals surface area contributed by atoms with E-state index in [2.05, 4.69) is 5.32 Å². The average Bonchev–Trinajstić information content (AvgIpc) is 2.28. The van der Waals surface area contributed by atoms with Gasteiger partial charge in [0.2, 0.25) is 0 Å². The number of nitrogens with two attached hydrogens (primary N) is 1. The van der Waals surface area contributed by atoms with Crippen LogP contribution in [0.15, 0.2) is 24.3 Å². The van der Waals surface area contributed by atoms with Crippen LogP contribution in [-0.2, 0) is 0 Å². The molecular weight excluding hydrogens is 216 g/mol. The molecule has 1 aromatic rings. The molecule has 0 aliphatic carbocycles. The first kappa shape index (κ1) is 13.4. The molecule has 0 fully saturated rings. The Morgan fingerprint density at radius 2 is 1.76 bits per heavy atom. The molecule has 0 radical (unpaired) electrons. The van der Waals surface area contributed by atoms with Crippen LogP contribution in [0.25, 0.3) is 0 Å². The number of Topliss-reactive ketones (excluding diaryl/α,β-unsaturated/α-hetero) is 1. The highest BCUT2D eigenvalue weighted by Crippen LogP contribution is 2.05. The van der Waals surface area contributed by atoms with Crippen LogP contribution < -0.4 is 11.1 Å². The monoisotopic (exact) mass is 234 g/mol. The van der Waals surface area contributed by atoms with Gasteiger partial charge in [-0.2, -0.15) is 0 Å². The second-order valence-corrected chi connectivity index (χ2v) is 4.16. The molecule has 92 valence electrons. The lowest BCUT2D eigenvalue weighted by Crippen LogP contribution is -2.28. The molecule has 0 aliphatic heterocycles. The van der Waals surface area contributed by atoms with Crippen molar-refractivity contribution in [2.45, 2.75) is 26.3 Å². The van der Waals surface area contributed by atoms with E-state index in [0.717, 1.165) is 6.42 Å². The molecule has 1 amide bonds. The lowest BCUT2D eigenvalue weighted by Gasteiger charge is -2.07. The van der Waals surface area contributed by atoms with Gasteiger partial charge in [0.25, 0.3) is 5.91 Å². The van der Waals surface area contributed by atoms with Crippen molar-refractivity contribution >= 4 is 11.7 Å². The van der Waals surface area contributed by atoms with E-state index in [9.17, 15) is 9.59 Å². The largest absolute Gasteiger partial charge is 0.352 e. The summed E-state index contributed by atoms with van der Waals surface area (Å²) in [7, 11) is 0. The number of ketones is 1. The standard InChI is InChI=1S/C13H18N2O2/c1-9(14)7-8-15-13(17)12-5-3-11(4-6-12)10(2)16/h3-6,9H,7-8,14H2,1-2H3,(H,15,17). The Bertz CT molecular complexity index is 396. The molecule has 4 heteroatoms. The van der Waals surface area contributed by atoms with Crippen LogP contribution >= 0.6 is 0 Å². The van der Waals surface area contributed by atoms with E-state index in [0.29, 0.717) is 17.7 Å². The molecule has 0 bridgehead atoms. The number of hydrogen-bond donors (Lipinski definition) is 2. The fourth-order valence-corrected chi connectivity index (χ4v) is 1.37. The Kier molecular flexibility index (Phi) is 4.84. The SMILES string of the molecule is CC(=O)c1ccc(C(=O)NCCC(C)N)cc1. The van der Waals surface area contributed by atoms with Crippen molar-refractivity contribution in [2.75, 3.05) is 6.54 Å². The maximum atomic E-state index is 11.7. The number of nitrogens with one attached hydrogen (secondary N) is 1. The van der Waals surface area contributed by atoms with Crippen LogP contribution in [0.5, 0.6) is 0 Å². The molecule has 1 unspecified atom stereocenters. The van der Waals surface area contributed by atoms with Gasteiger partial charge in [-0.3, -0.25) is 9.59 Å². The number of benzene rings is 1. The summed E-state index contributed by atoms with van der Waals surface area (Å²) >= 11 is 0. The van der Waals surface area contributed by atoms with Gasteiger partial charge in [0, 0.05) is 23.7 Å². The lowest BCUT2D eigenvalue weighted by atomic mass is 10.1. The topological polar surface area (TPSA) is 72.2 Å². The summed E-state index contributed by atoms with van der Waals surface area (Å²) in [5, 5.41) is 2.78. The summed E-state index contributed by atoms with van der Waals surface area (Å²) < 4.78 is 0. The van der Waals surface area contributed by atoms with Gasteiger partial charge in [-0.05, 0) is 32.4 Å². The molecule has 3 N–H and O–H groups in total. The van der Waals surface area contributed by atoms with Crippen LogP contribution in [0.3, 0.4) is 0 Å². The molecule has 17 heavy (non-hydrogen) atoms. The molecule has 1 rings (SSSR count). The van der Waals surface area contributed by atoms with Gasteiger partial charge < -0.3 is 11.1 Å². The highest BCUT2D eigenvalue weighted by molar-refractivity contribution is 5.97. The van der Waals surface area contributed by atoms with Gasteiger partial charge in [0.15, 0.2) is 5.78 Å².